The molecule has 6 aromatic carbocycles. The third kappa shape index (κ3) is 4.57. The first-order valence-corrected chi connectivity index (χ1v) is 16.1. The van der Waals surface area contributed by atoms with Crippen LogP contribution in [0.5, 0.6) is 0 Å². The lowest BCUT2D eigenvalue weighted by molar-refractivity contribution is 1.44. The molecule has 0 bridgehead atoms. The molecule has 1 heterocycles. The monoisotopic (exact) mass is 558 g/mol. The summed E-state index contributed by atoms with van der Waals surface area (Å²) in [6.07, 6.45) is 0. The Morgan fingerprint density at radius 1 is 0.381 bits per heavy atom. The second kappa shape index (κ2) is 10.5. The average molecular weight is 559 g/mol. The Bertz CT molecular complexity index is 2020. The molecule has 7 aromatic rings. The number of fused-ring (bicyclic) bond motifs is 3. The molecule has 7 rings (SSSR count). The molecule has 1 unspecified atom stereocenters. The Kier molecular flexibility index (Phi) is 6.61. The molecule has 1 atom stereocenters. The molecule has 0 aliphatic heterocycles. The fourth-order valence-corrected chi connectivity index (χ4v) is 9.46. The summed E-state index contributed by atoms with van der Waals surface area (Å²) in [4.78, 5) is 0. The minimum Gasteiger partial charge on any atom is -0.0753 e. The van der Waals surface area contributed by atoms with Crippen LogP contribution in [0.1, 0.15) is 27.8 Å². The topological polar surface area (TPSA) is 0 Å². The second-order valence-electron chi connectivity index (χ2n) is 11.9. The van der Waals surface area contributed by atoms with Gasteiger partial charge in [-0.1, -0.05) is 146 Å². The Balaban J connectivity index is 1.70. The molecule has 0 N–H and O–H groups in total. The normalized spacial score (nSPS) is 11.9. The highest BCUT2D eigenvalue weighted by molar-refractivity contribution is 7.68. The zero-order chi connectivity index (χ0) is 29.0. The van der Waals surface area contributed by atoms with Gasteiger partial charge in [0.05, 0.1) is 0 Å². The number of benzene rings is 6. The Labute approximate surface area is 250 Å². The summed E-state index contributed by atoms with van der Waals surface area (Å²) in [7, 11) is -0.853. The van der Waals surface area contributed by atoms with E-state index in [1.54, 1.807) is 0 Å². The predicted octanol–water partition coefficient (Wildman–Crippen LogP) is 12.5. The van der Waals surface area contributed by atoms with E-state index < -0.39 is 7.53 Å². The van der Waals surface area contributed by atoms with Crippen molar-refractivity contribution < 1.29 is 0 Å². The van der Waals surface area contributed by atoms with Gasteiger partial charge in [-0.2, -0.15) is 0 Å². The van der Waals surface area contributed by atoms with E-state index in [-0.39, 0.29) is 0 Å². The smallest absolute Gasteiger partial charge is 0.0147 e. The highest BCUT2D eigenvalue weighted by atomic mass is 31.1. The quantitative estimate of drug-likeness (QED) is 0.202. The van der Waals surface area contributed by atoms with E-state index in [4.69, 9.17) is 0 Å². The molecule has 0 saturated carbocycles. The van der Waals surface area contributed by atoms with Crippen molar-refractivity contribution in [2.24, 2.45) is 0 Å². The summed E-state index contributed by atoms with van der Waals surface area (Å²) < 4.78 is 0. The molecule has 0 aliphatic rings. The molecule has 42 heavy (non-hydrogen) atoms. The van der Waals surface area contributed by atoms with E-state index in [0.717, 1.165) is 0 Å². The first kappa shape index (κ1) is 26.5. The van der Waals surface area contributed by atoms with Gasteiger partial charge in [-0.05, 0) is 89.9 Å². The van der Waals surface area contributed by atoms with Crippen molar-refractivity contribution in [2.75, 3.05) is 0 Å². The predicted molar refractivity (Wildman–Crippen MR) is 185 cm³/mol. The van der Waals surface area contributed by atoms with E-state index in [1.807, 2.05) is 0 Å². The first-order chi connectivity index (χ1) is 20.4. The zero-order valence-electron chi connectivity index (χ0n) is 25.0. The van der Waals surface area contributed by atoms with Gasteiger partial charge in [-0.3, -0.25) is 0 Å². The molecule has 204 valence electrons. The second-order valence-corrected chi connectivity index (χ2v) is 13.9. The average Bonchev–Trinajstić information content (AvgIpc) is 3.31. The number of hydrogen-bond acceptors (Lipinski definition) is 0. The van der Waals surface area contributed by atoms with Crippen molar-refractivity contribution in [1.82, 2.24) is 0 Å². The largest absolute Gasteiger partial charge is 0.0753 e. The lowest BCUT2D eigenvalue weighted by Gasteiger charge is -2.20. The first-order valence-electron chi connectivity index (χ1n) is 14.8. The van der Waals surface area contributed by atoms with Gasteiger partial charge in [-0.15, -0.1) is 0 Å². The summed E-state index contributed by atoms with van der Waals surface area (Å²) >= 11 is 0. The van der Waals surface area contributed by atoms with Crippen LogP contribution in [0, 0.1) is 34.6 Å². The van der Waals surface area contributed by atoms with Crippen molar-refractivity contribution in [1.29, 1.82) is 0 Å². The molecule has 0 spiro atoms. The molecular formula is C41H35P. The number of rotatable bonds is 4. The van der Waals surface area contributed by atoms with Gasteiger partial charge in [0.25, 0.3) is 0 Å². The zero-order valence-corrected chi connectivity index (χ0v) is 25.9. The standard InChI is InChI=1S/C41H35P/c1-26-10-16-31(17-11-26)35-22-29(4)23-36(32-18-12-27(2)13-19-32)40(35)42-39-9-7-6-8-34(39)38-25-30(5)24-37(41(38)42)33-20-14-28(3)15-21-33/h6-25H,1-5H3. The van der Waals surface area contributed by atoms with Crippen LogP contribution in [0.25, 0.3) is 59.7 Å². The minimum absolute atomic E-state index is 0.853. The fourth-order valence-electron chi connectivity index (χ4n) is 6.35. The molecule has 1 aromatic heterocycles. The Hall–Kier alpha value is -4.38. The van der Waals surface area contributed by atoms with Gasteiger partial charge in [-0.25, -0.2) is 0 Å². The summed E-state index contributed by atoms with van der Waals surface area (Å²) in [5.41, 5.74) is 14.3. The summed E-state index contributed by atoms with van der Waals surface area (Å²) in [5, 5.41) is 7.14. The van der Waals surface area contributed by atoms with Gasteiger partial charge in [0.2, 0.25) is 0 Å². The van der Waals surface area contributed by atoms with Crippen molar-refractivity contribution >= 4 is 28.5 Å². The molecule has 0 radical (unpaired) electrons. The van der Waals surface area contributed by atoms with E-state index in [1.165, 1.54) is 87.5 Å². The molecule has 0 saturated heterocycles. The van der Waals surface area contributed by atoms with Crippen LogP contribution in [0.3, 0.4) is 0 Å². The maximum atomic E-state index is 2.42. The summed E-state index contributed by atoms with van der Waals surface area (Å²) in [5.74, 6) is 0. The van der Waals surface area contributed by atoms with E-state index in [9.17, 15) is 0 Å². The van der Waals surface area contributed by atoms with E-state index >= 15 is 0 Å². The molecule has 0 amide bonds. The van der Waals surface area contributed by atoms with Gasteiger partial charge in [0, 0.05) is 15.5 Å². The maximum absolute atomic E-state index is 2.42. The van der Waals surface area contributed by atoms with Crippen LogP contribution in [0.15, 0.2) is 121 Å². The van der Waals surface area contributed by atoms with Crippen molar-refractivity contribution in [3.8, 4) is 38.7 Å². The fraction of sp³-hybridized carbons (Fsp3) is 0.122. The molecule has 0 nitrogen and oxygen atoms in total. The van der Waals surface area contributed by atoms with Crippen LogP contribution in [0.4, 0.5) is 0 Å². The van der Waals surface area contributed by atoms with Gasteiger partial charge >= 0.3 is 0 Å². The van der Waals surface area contributed by atoms with Crippen molar-refractivity contribution in [2.45, 2.75) is 34.6 Å². The van der Waals surface area contributed by atoms with Crippen LogP contribution >= 0.6 is 7.53 Å². The highest BCUT2D eigenvalue weighted by Gasteiger charge is 2.23. The lowest BCUT2D eigenvalue weighted by atomic mass is 9.95. The lowest BCUT2D eigenvalue weighted by Crippen LogP contribution is -1.90. The number of aryl methyl sites for hydroxylation is 5. The maximum Gasteiger partial charge on any atom is 0.0147 e. The highest BCUT2D eigenvalue weighted by Crippen LogP contribution is 2.62. The van der Waals surface area contributed by atoms with Crippen molar-refractivity contribution in [3.05, 3.63) is 149 Å². The number of hydrogen-bond donors (Lipinski definition) is 0. The Morgan fingerprint density at radius 3 is 1.33 bits per heavy atom. The Morgan fingerprint density at radius 2 is 0.810 bits per heavy atom. The van der Waals surface area contributed by atoms with Crippen molar-refractivity contribution in [3.63, 3.8) is 0 Å². The van der Waals surface area contributed by atoms with Gasteiger partial charge in [0.1, 0.15) is 0 Å². The van der Waals surface area contributed by atoms with E-state index in [0.29, 0.717) is 0 Å². The van der Waals surface area contributed by atoms with Crippen LogP contribution in [-0.4, -0.2) is 0 Å². The van der Waals surface area contributed by atoms with Gasteiger partial charge < -0.3 is 0 Å². The summed E-state index contributed by atoms with van der Waals surface area (Å²) in [6.45, 7) is 11.0. The molecular weight excluding hydrogens is 523 g/mol. The van der Waals surface area contributed by atoms with Crippen LogP contribution in [0.2, 0.25) is 0 Å². The van der Waals surface area contributed by atoms with E-state index in [2.05, 4.69) is 156 Å². The van der Waals surface area contributed by atoms with Gasteiger partial charge in [0.15, 0.2) is 0 Å². The molecule has 0 aliphatic carbocycles. The van der Waals surface area contributed by atoms with Crippen LogP contribution < -0.4 is 0 Å². The molecule has 1 heteroatoms. The summed E-state index contributed by atoms with van der Waals surface area (Å²) in [6, 6.07) is 46.1. The third-order valence-electron chi connectivity index (χ3n) is 8.48. The van der Waals surface area contributed by atoms with Crippen LogP contribution in [-0.2, 0) is 0 Å². The third-order valence-corrected chi connectivity index (χ3v) is 11.2. The minimum atomic E-state index is -0.853. The molecule has 0 fully saturated rings. The SMILES string of the molecule is Cc1ccc(-c2cc(C)cc(-c3ccc(C)cc3)c2-p2c3ccccc3c3cc(C)cc(-c4ccc(C)cc4)c32)cc1.